The monoisotopic (exact) mass is 443 g/mol. The number of carbonyl (C=O) groups is 1. The number of nitrogens with zero attached hydrogens (tertiary/aromatic N) is 3. The summed E-state index contributed by atoms with van der Waals surface area (Å²) >= 11 is 0.971. The molecule has 160 valence electrons. The molecule has 1 aromatic heterocycles. The number of aromatic nitrogens is 2. The highest BCUT2D eigenvalue weighted by Gasteiger charge is 2.35. The van der Waals surface area contributed by atoms with Crippen molar-refractivity contribution >= 4 is 17.5 Å². The number of ketones is 1. The van der Waals surface area contributed by atoms with Crippen molar-refractivity contribution in [1.82, 2.24) is 9.13 Å². The molecule has 1 heterocycles. The topological polar surface area (TPSA) is 84.9 Å². The summed E-state index contributed by atoms with van der Waals surface area (Å²) < 4.78 is 54.1. The van der Waals surface area contributed by atoms with E-state index in [1.165, 1.54) is 6.92 Å². The number of benzene rings is 1. The minimum Gasteiger partial charge on any atom is -0.299 e. The fourth-order valence-corrected chi connectivity index (χ4v) is 4.02. The summed E-state index contributed by atoms with van der Waals surface area (Å²) in [6.07, 6.45) is -3.82. The van der Waals surface area contributed by atoms with Crippen molar-refractivity contribution in [3.8, 4) is 11.8 Å². The van der Waals surface area contributed by atoms with Gasteiger partial charge < -0.3 is 0 Å². The van der Waals surface area contributed by atoms with Crippen molar-refractivity contribution in [2.45, 2.75) is 43.0 Å². The van der Waals surface area contributed by atoms with Gasteiger partial charge in [0.25, 0.3) is 5.56 Å². The number of alkyl halides is 3. The highest BCUT2D eigenvalue weighted by atomic mass is 32.2. The lowest BCUT2D eigenvalue weighted by atomic mass is 10.2. The van der Waals surface area contributed by atoms with E-state index >= 15 is 0 Å². The largest absolute Gasteiger partial charge is 0.431 e. The molecule has 0 aliphatic rings. The van der Waals surface area contributed by atoms with Gasteiger partial charge in [-0.2, -0.15) is 18.4 Å². The van der Waals surface area contributed by atoms with Gasteiger partial charge in [0.1, 0.15) is 23.4 Å². The van der Waals surface area contributed by atoms with Crippen LogP contribution in [0.5, 0.6) is 0 Å². The summed E-state index contributed by atoms with van der Waals surface area (Å²) in [6, 6.07) is 3.79. The van der Waals surface area contributed by atoms with Gasteiger partial charge in [0.2, 0.25) is 0 Å². The summed E-state index contributed by atoms with van der Waals surface area (Å²) in [5.41, 5.74) is -4.97. The molecule has 11 heteroatoms. The summed E-state index contributed by atoms with van der Waals surface area (Å²) in [5, 5.41) is 8.74. The third kappa shape index (κ3) is 4.64. The van der Waals surface area contributed by atoms with Crippen LogP contribution in [0, 0.1) is 17.1 Å². The van der Waals surface area contributed by atoms with Crippen LogP contribution in [0.1, 0.15) is 37.9 Å². The van der Waals surface area contributed by atoms with Crippen LogP contribution in [-0.4, -0.2) is 20.2 Å². The van der Waals surface area contributed by atoms with Gasteiger partial charge >= 0.3 is 11.9 Å². The van der Waals surface area contributed by atoms with Crippen LogP contribution in [0.3, 0.4) is 0 Å². The number of rotatable bonds is 6. The van der Waals surface area contributed by atoms with Crippen LogP contribution in [0.4, 0.5) is 17.6 Å². The molecule has 0 saturated heterocycles. The van der Waals surface area contributed by atoms with Crippen molar-refractivity contribution < 1.29 is 22.4 Å². The highest BCUT2D eigenvalue weighted by Crippen LogP contribution is 2.32. The molecule has 2 rings (SSSR count). The van der Waals surface area contributed by atoms with Crippen LogP contribution in [0.2, 0.25) is 0 Å². The number of thioether (sulfide) groups is 1. The van der Waals surface area contributed by atoms with Crippen molar-refractivity contribution in [1.29, 1.82) is 5.26 Å². The molecule has 0 saturated carbocycles. The summed E-state index contributed by atoms with van der Waals surface area (Å²) in [4.78, 5) is 36.7. The Bertz CT molecular complexity index is 1150. The number of halogens is 4. The highest BCUT2D eigenvalue weighted by molar-refractivity contribution is 8.00. The Hall–Kier alpha value is -2.87. The Morgan fingerprint density at radius 2 is 1.90 bits per heavy atom. The third-order valence-electron chi connectivity index (χ3n) is 4.29. The van der Waals surface area contributed by atoms with Crippen molar-refractivity contribution in [3.63, 3.8) is 0 Å². The zero-order valence-electron chi connectivity index (χ0n) is 16.2. The number of Topliss-reactive ketones (excluding diaryl/α,β-unsaturated/α-hetero) is 1. The van der Waals surface area contributed by atoms with E-state index in [4.69, 9.17) is 0 Å². The second kappa shape index (κ2) is 8.87. The molecule has 0 spiro atoms. The molecular weight excluding hydrogens is 426 g/mol. The number of hydrogen-bond acceptors (Lipinski definition) is 5. The second-order valence-electron chi connectivity index (χ2n) is 6.46. The molecule has 30 heavy (non-hydrogen) atoms. The van der Waals surface area contributed by atoms with E-state index in [0.717, 1.165) is 30.9 Å². The average Bonchev–Trinajstić information content (AvgIpc) is 2.65. The van der Waals surface area contributed by atoms with Gasteiger partial charge in [-0.3, -0.25) is 14.2 Å². The lowest BCUT2D eigenvalue weighted by Gasteiger charge is -2.17. The Kier molecular flexibility index (Phi) is 6.92. The van der Waals surface area contributed by atoms with E-state index < -0.39 is 39.9 Å². The lowest BCUT2D eigenvalue weighted by molar-refractivity contribution is -0.144. The van der Waals surface area contributed by atoms with E-state index in [0.29, 0.717) is 12.8 Å². The molecule has 0 amide bonds. The molecule has 1 unspecified atom stereocenters. The predicted molar refractivity (Wildman–Crippen MR) is 102 cm³/mol. The van der Waals surface area contributed by atoms with Gasteiger partial charge in [-0.1, -0.05) is 13.3 Å². The maximum absolute atomic E-state index is 14.6. The van der Waals surface area contributed by atoms with E-state index in [1.807, 2.05) is 6.92 Å². The Labute approximate surface area is 172 Å². The van der Waals surface area contributed by atoms with Crippen LogP contribution >= 0.6 is 11.8 Å². The zero-order valence-corrected chi connectivity index (χ0v) is 17.0. The normalized spacial score (nSPS) is 12.5. The van der Waals surface area contributed by atoms with E-state index in [1.54, 1.807) is 6.07 Å². The molecular formula is C19H17F4N3O3S. The molecule has 0 aliphatic carbocycles. The molecule has 0 fully saturated rings. The molecule has 0 aliphatic heterocycles. The number of hydrogen-bond donors (Lipinski definition) is 0. The van der Waals surface area contributed by atoms with Crippen molar-refractivity contribution in [2.75, 3.05) is 0 Å². The van der Waals surface area contributed by atoms with Crippen LogP contribution in [0.15, 0.2) is 32.7 Å². The van der Waals surface area contributed by atoms with Gasteiger partial charge in [-0.25, -0.2) is 13.8 Å². The Balaban J connectivity index is 2.74. The first-order valence-corrected chi connectivity index (χ1v) is 9.61. The standard InChI is InChI=1S/C19H17F4N3O3S/c1-4-5-14(10(2)27)30-15-7-13(12(20)6-11(15)9-24)26-17(28)8-16(19(21,22)23)25(3)18(26)29/h6-8,14H,4-5H2,1-3H3. The minimum absolute atomic E-state index is 0.125. The van der Waals surface area contributed by atoms with Gasteiger partial charge in [-0.15, -0.1) is 11.8 Å². The van der Waals surface area contributed by atoms with Crippen LogP contribution in [0.25, 0.3) is 5.69 Å². The van der Waals surface area contributed by atoms with Crippen molar-refractivity contribution in [3.05, 3.63) is 56.1 Å². The predicted octanol–water partition coefficient (Wildman–Crippen LogP) is 3.42. The van der Waals surface area contributed by atoms with E-state index in [2.05, 4.69) is 0 Å². The quantitative estimate of drug-likeness (QED) is 0.505. The summed E-state index contributed by atoms with van der Waals surface area (Å²) in [7, 11) is 0.811. The maximum Gasteiger partial charge on any atom is 0.431 e. The zero-order chi connectivity index (χ0) is 22.8. The lowest BCUT2D eigenvalue weighted by Crippen LogP contribution is -2.41. The van der Waals surface area contributed by atoms with Gasteiger partial charge in [0.15, 0.2) is 0 Å². The number of nitriles is 1. The molecule has 6 nitrogen and oxygen atoms in total. The van der Waals surface area contributed by atoms with E-state index in [-0.39, 0.29) is 31.4 Å². The summed E-state index contributed by atoms with van der Waals surface area (Å²) in [5.74, 6) is -1.32. The summed E-state index contributed by atoms with van der Waals surface area (Å²) in [6.45, 7) is 3.21. The third-order valence-corrected chi connectivity index (χ3v) is 5.74. The Morgan fingerprint density at radius 1 is 1.27 bits per heavy atom. The fraction of sp³-hybridized carbons (Fsp3) is 0.368. The molecule has 0 bridgehead atoms. The van der Waals surface area contributed by atoms with Gasteiger partial charge in [-0.05, 0) is 25.5 Å². The maximum atomic E-state index is 14.6. The first-order chi connectivity index (χ1) is 13.9. The SMILES string of the molecule is CCCC(Sc1cc(-n2c(=O)cc(C(F)(F)F)n(C)c2=O)c(F)cc1C#N)C(C)=O. The Morgan fingerprint density at radius 3 is 2.40 bits per heavy atom. The van der Waals surface area contributed by atoms with Crippen LogP contribution in [-0.2, 0) is 18.0 Å². The second-order valence-corrected chi connectivity index (χ2v) is 7.70. The van der Waals surface area contributed by atoms with Gasteiger partial charge in [0, 0.05) is 18.0 Å². The number of carbonyl (C=O) groups excluding carboxylic acids is 1. The van der Waals surface area contributed by atoms with E-state index in [9.17, 15) is 37.2 Å². The smallest absolute Gasteiger partial charge is 0.299 e. The molecule has 0 N–H and O–H groups in total. The van der Waals surface area contributed by atoms with Crippen LogP contribution < -0.4 is 11.2 Å². The minimum atomic E-state index is -4.95. The first-order valence-electron chi connectivity index (χ1n) is 8.73. The fourth-order valence-electron chi connectivity index (χ4n) is 2.78. The average molecular weight is 443 g/mol. The first kappa shape index (κ1) is 23.4. The molecule has 0 radical (unpaired) electrons. The molecule has 2 aromatic rings. The molecule has 1 aromatic carbocycles. The molecule has 1 atom stereocenters. The van der Waals surface area contributed by atoms with Gasteiger partial charge in [0.05, 0.1) is 16.5 Å². The van der Waals surface area contributed by atoms with Crippen molar-refractivity contribution in [2.24, 2.45) is 7.05 Å².